The van der Waals surface area contributed by atoms with E-state index >= 15 is 4.39 Å². The van der Waals surface area contributed by atoms with Crippen molar-refractivity contribution in [3.8, 4) is 23.0 Å². The first-order valence-electron chi connectivity index (χ1n) is 15.0. The first-order valence-corrected chi connectivity index (χ1v) is 16.1. The van der Waals surface area contributed by atoms with Gasteiger partial charge in [-0.05, 0) is 83.7 Å². The Morgan fingerprint density at radius 2 is 1.87 bits per heavy atom. The van der Waals surface area contributed by atoms with E-state index in [0.717, 1.165) is 33.8 Å². The molecule has 6 rings (SSSR count). The Balaban J connectivity index is 1.50. The normalized spacial score (nSPS) is 19.7. The van der Waals surface area contributed by atoms with E-state index in [4.69, 9.17) is 14.8 Å². The van der Waals surface area contributed by atoms with Crippen LogP contribution in [0.25, 0.3) is 28.5 Å². The van der Waals surface area contributed by atoms with Gasteiger partial charge >= 0.3 is 0 Å². The highest BCUT2D eigenvalue weighted by Crippen LogP contribution is 2.40. The molecule has 0 saturated carbocycles. The molecule has 0 saturated heterocycles. The van der Waals surface area contributed by atoms with Crippen LogP contribution in [0.5, 0.6) is 11.5 Å². The fourth-order valence-corrected chi connectivity index (χ4v) is 6.77. The van der Waals surface area contributed by atoms with Gasteiger partial charge in [0.25, 0.3) is 0 Å². The number of benzene rings is 2. The lowest BCUT2D eigenvalue weighted by molar-refractivity contribution is -0.126. The molecule has 1 N–H and O–H groups in total. The van der Waals surface area contributed by atoms with Crippen LogP contribution in [0.4, 0.5) is 4.39 Å². The highest BCUT2D eigenvalue weighted by Gasteiger charge is 2.35. The monoisotopic (exact) mass is 718 g/mol. The average molecular weight is 719 g/mol. The number of pyridine rings is 1. The van der Waals surface area contributed by atoms with Crippen molar-refractivity contribution < 1.29 is 13.9 Å². The summed E-state index contributed by atoms with van der Waals surface area (Å²) in [5, 5.41) is 5.67. The maximum atomic E-state index is 15.6. The lowest BCUT2D eigenvalue weighted by Crippen LogP contribution is -2.35. The van der Waals surface area contributed by atoms with Crippen LogP contribution in [-0.2, 0) is 17.3 Å². The van der Waals surface area contributed by atoms with E-state index < -0.39 is 11.2 Å². The number of hydrogen-bond acceptors (Lipinski definition) is 5. The number of carbonyl (C=O) groups excluding carboxylic acids is 1. The van der Waals surface area contributed by atoms with Crippen LogP contribution in [0.1, 0.15) is 57.0 Å². The van der Waals surface area contributed by atoms with Crippen LogP contribution in [0.2, 0.25) is 0 Å². The van der Waals surface area contributed by atoms with Gasteiger partial charge in [0.15, 0.2) is 23.2 Å². The van der Waals surface area contributed by atoms with E-state index in [1.165, 1.54) is 12.1 Å². The minimum atomic E-state index is -0.551. The van der Waals surface area contributed by atoms with Gasteiger partial charge in [-0.3, -0.25) is 9.78 Å². The van der Waals surface area contributed by atoms with Gasteiger partial charge in [0.05, 0.1) is 5.41 Å². The molecule has 4 bridgehead atoms. The number of amides is 1. The predicted octanol–water partition coefficient (Wildman–Crippen LogP) is 7.88. The smallest absolute Gasteiger partial charge is 0.246 e. The fourth-order valence-electron chi connectivity index (χ4n) is 6.22. The minimum absolute atomic E-state index is 0.0223. The van der Waals surface area contributed by atoms with Crippen molar-refractivity contribution in [1.29, 1.82) is 0 Å². The summed E-state index contributed by atoms with van der Waals surface area (Å²) >= 11 is 2.34. The van der Waals surface area contributed by atoms with Crippen molar-refractivity contribution in [3.63, 3.8) is 0 Å². The molecular weight excluding hydrogens is 682 g/mol. The lowest BCUT2D eigenvalue weighted by atomic mass is 9.75. The molecule has 0 unspecified atom stereocenters. The van der Waals surface area contributed by atoms with Gasteiger partial charge in [-0.2, -0.15) is 5.10 Å². The predicted molar refractivity (Wildman–Crippen MR) is 182 cm³/mol. The summed E-state index contributed by atoms with van der Waals surface area (Å²) in [6, 6.07) is 15.1. The quantitative estimate of drug-likeness (QED) is 0.178. The number of fused-ring (bicyclic) bond motifs is 8. The number of hydrogen-bond donors (Lipinski definition) is 1. The Kier molecular flexibility index (Phi) is 8.28. The van der Waals surface area contributed by atoms with Crippen molar-refractivity contribution in [2.45, 2.75) is 45.4 Å². The summed E-state index contributed by atoms with van der Waals surface area (Å²) in [6.45, 7) is 7.12. The number of aromatic amines is 1. The SMILES string of the molecule is CN1CC(C)(C)CCC[C@](C)(c2cccc(I)c2)c2nc(n(C)n2)-c2cc(ccn2)Oc2c(F)cc3[nH]ccc3c2/C=C\C1=O. The second-order valence-corrected chi connectivity index (χ2v) is 14.0. The molecule has 1 aliphatic rings. The Morgan fingerprint density at radius 3 is 2.67 bits per heavy atom. The second kappa shape index (κ2) is 12.0. The Morgan fingerprint density at radius 1 is 1.04 bits per heavy atom. The number of halogens is 2. The third-order valence-corrected chi connectivity index (χ3v) is 9.34. The maximum Gasteiger partial charge on any atom is 0.246 e. The van der Waals surface area contributed by atoms with E-state index in [9.17, 15) is 4.79 Å². The van der Waals surface area contributed by atoms with Gasteiger partial charge in [-0.1, -0.05) is 32.4 Å². The van der Waals surface area contributed by atoms with Gasteiger partial charge in [0.2, 0.25) is 5.91 Å². The molecule has 1 aliphatic heterocycles. The zero-order valence-electron chi connectivity index (χ0n) is 26.1. The second-order valence-electron chi connectivity index (χ2n) is 12.8. The van der Waals surface area contributed by atoms with Crippen LogP contribution >= 0.6 is 22.6 Å². The average Bonchev–Trinajstić information content (AvgIpc) is 3.62. The van der Waals surface area contributed by atoms with Crippen molar-refractivity contribution in [1.82, 2.24) is 29.6 Å². The Labute approximate surface area is 275 Å². The zero-order chi connectivity index (χ0) is 31.9. The third-order valence-electron chi connectivity index (χ3n) is 8.66. The zero-order valence-corrected chi connectivity index (χ0v) is 28.2. The summed E-state index contributed by atoms with van der Waals surface area (Å²) < 4.78 is 24.7. The van der Waals surface area contributed by atoms with E-state index in [2.05, 4.69) is 77.6 Å². The molecule has 2 aromatic carbocycles. The number of H-pyrrole nitrogens is 1. The summed E-state index contributed by atoms with van der Waals surface area (Å²) in [7, 11) is 3.67. The first-order chi connectivity index (χ1) is 21.4. The largest absolute Gasteiger partial charge is 0.453 e. The summed E-state index contributed by atoms with van der Waals surface area (Å²) in [4.78, 5) is 27.8. The standard InChI is InChI=1S/C35H36FIN6O2/c1-34(2)14-7-15-35(3,22-8-6-9-23(37)18-22)33-40-32(43(5)41-33)29-19-24(12-16-39-29)45-31-26(10-11-30(44)42(4)21-34)25-13-17-38-28(25)20-27(31)36/h6,8-13,16-20,38H,7,14-15,21H2,1-5H3/b11-10-/t35-/m1/s1. The van der Waals surface area contributed by atoms with Crippen molar-refractivity contribution in [2.75, 3.05) is 13.6 Å². The highest BCUT2D eigenvalue weighted by molar-refractivity contribution is 14.1. The molecule has 5 aromatic rings. The van der Waals surface area contributed by atoms with Gasteiger partial charge in [0, 0.05) is 71.3 Å². The summed E-state index contributed by atoms with van der Waals surface area (Å²) in [5.74, 6) is 0.975. The molecule has 232 valence electrons. The molecule has 4 heterocycles. The molecule has 1 amide bonds. The summed E-state index contributed by atoms with van der Waals surface area (Å²) in [6.07, 6.45) is 9.09. The molecule has 45 heavy (non-hydrogen) atoms. The molecule has 0 aliphatic carbocycles. The number of carbonyl (C=O) groups is 1. The van der Waals surface area contributed by atoms with E-state index in [1.807, 2.05) is 13.1 Å². The number of ether oxygens (including phenoxy) is 1. The molecule has 3 aromatic heterocycles. The van der Waals surface area contributed by atoms with Crippen molar-refractivity contribution >= 4 is 45.5 Å². The fraction of sp³-hybridized carbons (Fsp3) is 0.314. The van der Waals surface area contributed by atoms with E-state index in [-0.39, 0.29) is 17.1 Å². The molecule has 0 spiro atoms. The topological polar surface area (TPSA) is 88.9 Å². The van der Waals surface area contributed by atoms with Crippen LogP contribution in [0.15, 0.2) is 67.0 Å². The Hall–Kier alpha value is -4.06. The van der Waals surface area contributed by atoms with Crippen LogP contribution in [0, 0.1) is 14.8 Å². The van der Waals surface area contributed by atoms with E-state index in [1.54, 1.807) is 47.2 Å². The number of nitrogens with zero attached hydrogens (tertiary/aromatic N) is 5. The highest BCUT2D eigenvalue weighted by atomic mass is 127. The molecule has 0 radical (unpaired) electrons. The van der Waals surface area contributed by atoms with Crippen LogP contribution in [-0.4, -0.2) is 49.1 Å². The number of likely N-dealkylation sites (N-methyl/N-ethyl adjacent to an activating group) is 1. The van der Waals surface area contributed by atoms with Crippen LogP contribution < -0.4 is 4.74 Å². The van der Waals surface area contributed by atoms with Crippen LogP contribution in [0.3, 0.4) is 0 Å². The molecule has 8 nitrogen and oxygen atoms in total. The molecular formula is C35H36FIN6O2. The van der Waals surface area contributed by atoms with Gasteiger partial charge in [0.1, 0.15) is 11.4 Å². The number of rotatable bonds is 1. The van der Waals surface area contributed by atoms with Crippen molar-refractivity contribution in [2.24, 2.45) is 12.5 Å². The molecule has 10 heteroatoms. The first kappa shape index (κ1) is 30.9. The summed E-state index contributed by atoms with van der Waals surface area (Å²) in [5.41, 5.74) is 2.14. The number of aromatic nitrogens is 5. The molecule has 1 atom stereocenters. The maximum absolute atomic E-state index is 15.6. The van der Waals surface area contributed by atoms with Gasteiger partial charge < -0.3 is 14.6 Å². The van der Waals surface area contributed by atoms with Gasteiger partial charge in [-0.25, -0.2) is 14.1 Å². The lowest BCUT2D eigenvalue weighted by Gasteiger charge is -2.32. The number of aryl methyl sites for hydroxylation is 1. The minimum Gasteiger partial charge on any atom is -0.453 e. The number of nitrogens with one attached hydrogen (secondary N) is 1. The van der Waals surface area contributed by atoms with E-state index in [0.29, 0.717) is 40.7 Å². The Bertz CT molecular complexity index is 1930. The van der Waals surface area contributed by atoms with Gasteiger partial charge in [-0.15, -0.1) is 0 Å². The molecule has 0 fully saturated rings. The van der Waals surface area contributed by atoms with Crippen molar-refractivity contribution in [3.05, 3.63) is 93.3 Å². The third kappa shape index (κ3) is 6.25.